The normalized spacial score (nSPS) is 10.9. The molecule has 3 rings (SSSR count). The van der Waals surface area contributed by atoms with Crippen molar-refractivity contribution in [1.82, 2.24) is 4.98 Å². The lowest BCUT2D eigenvalue weighted by molar-refractivity contribution is 0.281. The van der Waals surface area contributed by atoms with Gasteiger partial charge in [-0.15, -0.1) is 11.3 Å². The Morgan fingerprint density at radius 2 is 1.64 bits per heavy atom. The van der Waals surface area contributed by atoms with Gasteiger partial charge in [-0.3, -0.25) is 0 Å². The van der Waals surface area contributed by atoms with Gasteiger partial charge in [-0.25, -0.2) is 4.98 Å². The SMILES string of the molecule is OCc1nc(-c2ccc(Cl)cc2)c(-c2ccc(Cl)cc2Cl)s1. The number of hydrogen-bond donors (Lipinski definition) is 1. The molecular weight excluding hydrogens is 361 g/mol. The molecule has 2 aromatic carbocycles. The van der Waals surface area contributed by atoms with Crippen molar-refractivity contribution in [3.8, 4) is 21.7 Å². The number of nitrogens with zero attached hydrogens (tertiary/aromatic N) is 1. The number of hydrogen-bond acceptors (Lipinski definition) is 3. The van der Waals surface area contributed by atoms with Crippen LogP contribution in [0.1, 0.15) is 5.01 Å². The first-order chi connectivity index (χ1) is 10.6. The summed E-state index contributed by atoms with van der Waals surface area (Å²) in [5, 5.41) is 11.8. The van der Waals surface area contributed by atoms with E-state index < -0.39 is 0 Å². The number of halogens is 3. The van der Waals surface area contributed by atoms with Crippen LogP contribution in [0.15, 0.2) is 42.5 Å². The summed E-state index contributed by atoms with van der Waals surface area (Å²) in [5.41, 5.74) is 2.53. The maximum Gasteiger partial charge on any atom is 0.119 e. The molecule has 0 fully saturated rings. The van der Waals surface area contributed by atoms with E-state index in [1.165, 1.54) is 11.3 Å². The first-order valence-corrected chi connectivity index (χ1v) is 8.35. The van der Waals surface area contributed by atoms with E-state index in [4.69, 9.17) is 34.8 Å². The van der Waals surface area contributed by atoms with Gasteiger partial charge in [0.05, 0.1) is 22.2 Å². The quantitative estimate of drug-likeness (QED) is 0.620. The van der Waals surface area contributed by atoms with Crippen molar-refractivity contribution in [2.75, 3.05) is 0 Å². The average Bonchev–Trinajstić information content (AvgIpc) is 2.92. The van der Waals surface area contributed by atoms with Crippen LogP contribution in [-0.2, 0) is 6.61 Å². The number of thiazole rings is 1. The smallest absolute Gasteiger partial charge is 0.119 e. The Balaban J connectivity index is 2.18. The summed E-state index contributed by atoms with van der Waals surface area (Å²) in [4.78, 5) is 5.40. The Morgan fingerprint density at radius 3 is 2.27 bits per heavy atom. The Kier molecular flexibility index (Phi) is 4.71. The number of aliphatic hydroxyl groups is 1. The van der Waals surface area contributed by atoms with Crippen molar-refractivity contribution >= 4 is 46.1 Å². The van der Waals surface area contributed by atoms with Gasteiger partial charge in [0.15, 0.2) is 0 Å². The third kappa shape index (κ3) is 3.14. The second-order valence-corrected chi connectivity index (χ2v) is 6.94. The summed E-state index contributed by atoms with van der Waals surface area (Å²) in [6, 6.07) is 12.7. The molecule has 1 aromatic heterocycles. The van der Waals surface area contributed by atoms with E-state index in [0.29, 0.717) is 20.1 Å². The number of benzene rings is 2. The molecule has 0 bridgehead atoms. The predicted molar refractivity (Wildman–Crippen MR) is 93.9 cm³/mol. The van der Waals surface area contributed by atoms with Gasteiger partial charge in [-0.05, 0) is 24.3 Å². The Morgan fingerprint density at radius 1 is 0.955 bits per heavy atom. The monoisotopic (exact) mass is 369 g/mol. The molecule has 0 aliphatic heterocycles. The molecule has 0 saturated carbocycles. The molecule has 1 heterocycles. The molecule has 112 valence electrons. The van der Waals surface area contributed by atoms with Crippen molar-refractivity contribution in [2.24, 2.45) is 0 Å². The van der Waals surface area contributed by atoms with Gasteiger partial charge in [0.2, 0.25) is 0 Å². The van der Waals surface area contributed by atoms with Crippen LogP contribution in [0.2, 0.25) is 15.1 Å². The molecule has 0 saturated heterocycles. The topological polar surface area (TPSA) is 33.1 Å². The Labute approximate surface area is 146 Å². The third-order valence-corrected chi connectivity index (χ3v) is 4.97. The predicted octanol–water partition coefficient (Wildman–Crippen LogP) is 5.93. The molecule has 0 aliphatic carbocycles. The van der Waals surface area contributed by atoms with E-state index in [2.05, 4.69) is 4.98 Å². The molecule has 0 aliphatic rings. The van der Waals surface area contributed by atoms with Crippen LogP contribution in [0.25, 0.3) is 21.7 Å². The lowest BCUT2D eigenvalue weighted by Gasteiger charge is -2.05. The molecule has 22 heavy (non-hydrogen) atoms. The van der Waals surface area contributed by atoms with E-state index in [1.807, 2.05) is 30.3 Å². The van der Waals surface area contributed by atoms with E-state index in [9.17, 15) is 5.11 Å². The lowest BCUT2D eigenvalue weighted by atomic mass is 10.1. The third-order valence-electron chi connectivity index (χ3n) is 3.10. The second kappa shape index (κ2) is 6.57. The average molecular weight is 371 g/mol. The Bertz CT molecular complexity index is 815. The zero-order chi connectivity index (χ0) is 15.7. The highest BCUT2D eigenvalue weighted by Crippen LogP contribution is 2.41. The largest absolute Gasteiger partial charge is 0.389 e. The van der Waals surface area contributed by atoms with Crippen molar-refractivity contribution in [2.45, 2.75) is 6.61 Å². The molecule has 0 unspecified atom stereocenters. The molecule has 3 aromatic rings. The van der Waals surface area contributed by atoms with E-state index in [-0.39, 0.29) is 6.61 Å². The zero-order valence-electron chi connectivity index (χ0n) is 11.2. The van der Waals surface area contributed by atoms with Crippen LogP contribution in [0.5, 0.6) is 0 Å². The summed E-state index contributed by atoms with van der Waals surface area (Å²) >= 11 is 19.6. The standard InChI is InChI=1S/C16H10Cl3NOS/c17-10-3-1-9(2-4-10)15-16(22-14(8-21)20-15)12-6-5-11(18)7-13(12)19/h1-7,21H,8H2. The molecular formula is C16H10Cl3NOS. The number of aromatic nitrogens is 1. The molecule has 1 N–H and O–H groups in total. The van der Waals surface area contributed by atoms with Crippen LogP contribution in [0.4, 0.5) is 0 Å². The fourth-order valence-electron chi connectivity index (χ4n) is 2.09. The summed E-state index contributed by atoms with van der Waals surface area (Å²) in [6.45, 7) is -0.115. The minimum atomic E-state index is -0.115. The summed E-state index contributed by atoms with van der Waals surface area (Å²) in [7, 11) is 0. The highest BCUT2D eigenvalue weighted by Gasteiger charge is 2.17. The minimum absolute atomic E-state index is 0.115. The van der Waals surface area contributed by atoms with Crippen molar-refractivity contribution in [3.63, 3.8) is 0 Å². The van der Waals surface area contributed by atoms with Gasteiger partial charge < -0.3 is 5.11 Å². The summed E-state index contributed by atoms with van der Waals surface area (Å²) in [6.07, 6.45) is 0. The molecule has 2 nitrogen and oxygen atoms in total. The zero-order valence-corrected chi connectivity index (χ0v) is 14.3. The Hall–Kier alpha value is -1.10. The van der Waals surface area contributed by atoms with E-state index >= 15 is 0 Å². The van der Waals surface area contributed by atoms with Gasteiger partial charge >= 0.3 is 0 Å². The number of rotatable bonds is 3. The minimum Gasteiger partial charge on any atom is -0.389 e. The van der Waals surface area contributed by atoms with E-state index in [1.54, 1.807) is 12.1 Å². The van der Waals surface area contributed by atoms with Crippen LogP contribution < -0.4 is 0 Å². The molecule has 6 heteroatoms. The first kappa shape index (κ1) is 15.8. The van der Waals surface area contributed by atoms with Gasteiger partial charge in [0.25, 0.3) is 0 Å². The van der Waals surface area contributed by atoms with Crippen LogP contribution in [0, 0.1) is 0 Å². The maximum atomic E-state index is 9.40. The van der Waals surface area contributed by atoms with Crippen LogP contribution in [0.3, 0.4) is 0 Å². The van der Waals surface area contributed by atoms with Crippen LogP contribution >= 0.6 is 46.1 Å². The molecule has 0 spiro atoms. The van der Waals surface area contributed by atoms with Crippen molar-refractivity contribution in [1.29, 1.82) is 0 Å². The molecule has 0 atom stereocenters. The van der Waals surface area contributed by atoms with Crippen molar-refractivity contribution < 1.29 is 5.11 Å². The fourth-order valence-corrected chi connectivity index (χ4v) is 3.76. The molecule has 0 amide bonds. The maximum absolute atomic E-state index is 9.40. The highest BCUT2D eigenvalue weighted by atomic mass is 35.5. The van der Waals surface area contributed by atoms with Gasteiger partial charge in [0.1, 0.15) is 5.01 Å². The summed E-state index contributed by atoms with van der Waals surface area (Å²) in [5.74, 6) is 0. The first-order valence-electron chi connectivity index (χ1n) is 6.40. The van der Waals surface area contributed by atoms with Gasteiger partial charge in [-0.1, -0.05) is 53.0 Å². The van der Waals surface area contributed by atoms with Gasteiger partial charge in [0, 0.05) is 21.2 Å². The second-order valence-electron chi connectivity index (χ2n) is 4.57. The fraction of sp³-hybridized carbons (Fsp3) is 0.0625. The van der Waals surface area contributed by atoms with Crippen LogP contribution in [-0.4, -0.2) is 10.1 Å². The lowest BCUT2D eigenvalue weighted by Crippen LogP contribution is -1.84. The molecule has 0 radical (unpaired) electrons. The number of aliphatic hydroxyl groups excluding tert-OH is 1. The van der Waals surface area contributed by atoms with Crippen molar-refractivity contribution in [3.05, 3.63) is 62.5 Å². The highest BCUT2D eigenvalue weighted by molar-refractivity contribution is 7.15. The van der Waals surface area contributed by atoms with Gasteiger partial charge in [-0.2, -0.15) is 0 Å². The summed E-state index contributed by atoms with van der Waals surface area (Å²) < 4.78 is 0. The van der Waals surface area contributed by atoms with E-state index in [0.717, 1.165) is 21.7 Å².